The first-order valence-corrected chi connectivity index (χ1v) is 8.24. The summed E-state index contributed by atoms with van der Waals surface area (Å²) in [7, 11) is 0. The van der Waals surface area contributed by atoms with Crippen LogP contribution in [0.4, 0.5) is 5.95 Å². The molecule has 0 saturated heterocycles. The summed E-state index contributed by atoms with van der Waals surface area (Å²) in [5.74, 6) is 0.839. The van der Waals surface area contributed by atoms with Gasteiger partial charge in [-0.15, -0.1) is 0 Å². The fourth-order valence-electron chi connectivity index (χ4n) is 3.77. The number of nitrogens with zero attached hydrogens (tertiary/aromatic N) is 4. The zero-order chi connectivity index (χ0) is 16.6. The zero-order valence-electron chi connectivity index (χ0n) is 13.3. The predicted octanol–water partition coefficient (Wildman–Crippen LogP) is 1.21. The fourth-order valence-corrected chi connectivity index (χ4v) is 3.77. The summed E-state index contributed by atoms with van der Waals surface area (Å²) < 4.78 is 7.59. The second kappa shape index (κ2) is 5.77. The summed E-state index contributed by atoms with van der Waals surface area (Å²) in [6.45, 7) is 0.00531. The highest BCUT2D eigenvalue weighted by Crippen LogP contribution is 2.46. The van der Waals surface area contributed by atoms with Gasteiger partial charge in [-0.2, -0.15) is 0 Å². The van der Waals surface area contributed by atoms with Crippen molar-refractivity contribution in [2.45, 2.75) is 50.3 Å². The molecule has 1 aromatic carbocycles. The third-order valence-electron chi connectivity index (χ3n) is 4.90. The molecule has 8 heteroatoms. The Morgan fingerprint density at radius 3 is 2.92 bits per heavy atom. The number of amides is 1. The van der Waals surface area contributed by atoms with Gasteiger partial charge in [0.2, 0.25) is 11.9 Å². The van der Waals surface area contributed by atoms with Crippen molar-refractivity contribution in [1.82, 2.24) is 25.5 Å². The zero-order valence-corrected chi connectivity index (χ0v) is 13.3. The Balaban J connectivity index is 1.55. The van der Waals surface area contributed by atoms with Crippen LogP contribution in [-0.4, -0.2) is 31.7 Å². The van der Waals surface area contributed by atoms with Gasteiger partial charge in [-0.25, -0.2) is 4.68 Å². The van der Waals surface area contributed by atoms with Gasteiger partial charge in [0, 0.05) is 12.0 Å². The molecule has 24 heavy (non-hydrogen) atoms. The number of rotatable bonds is 3. The molecule has 1 spiro atoms. The maximum atomic E-state index is 12.4. The standard InChI is InChI=1S/C16H20N6O2/c17-15-19-20-21-22(15)10-14(23)18-12-9-16(7-3-4-8-16)24-13-6-2-1-5-11(12)13/h1-2,5-6,12H,3-4,7-10H2,(H,18,23)(H2,17,19,21). The lowest BCUT2D eigenvalue weighted by Gasteiger charge is -2.40. The molecule has 1 aromatic heterocycles. The second-order valence-corrected chi connectivity index (χ2v) is 6.55. The van der Waals surface area contributed by atoms with E-state index in [0.29, 0.717) is 0 Å². The molecule has 2 aliphatic rings. The second-order valence-electron chi connectivity index (χ2n) is 6.55. The first kappa shape index (κ1) is 14.9. The van der Waals surface area contributed by atoms with Crippen molar-refractivity contribution in [2.24, 2.45) is 0 Å². The quantitative estimate of drug-likeness (QED) is 0.877. The molecule has 1 aliphatic carbocycles. The molecule has 1 atom stereocenters. The number of hydrogen-bond donors (Lipinski definition) is 2. The molecular weight excluding hydrogens is 308 g/mol. The molecule has 126 valence electrons. The third-order valence-corrected chi connectivity index (χ3v) is 4.90. The maximum Gasteiger partial charge on any atom is 0.242 e. The molecule has 0 bridgehead atoms. The molecule has 2 aromatic rings. The Morgan fingerprint density at radius 2 is 2.17 bits per heavy atom. The van der Waals surface area contributed by atoms with Crippen molar-refractivity contribution in [2.75, 3.05) is 5.73 Å². The molecular formula is C16H20N6O2. The van der Waals surface area contributed by atoms with Gasteiger partial charge < -0.3 is 15.8 Å². The minimum atomic E-state index is -0.163. The lowest BCUT2D eigenvalue weighted by Crippen LogP contribution is -2.44. The van der Waals surface area contributed by atoms with E-state index >= 15 is 0 Å². The summed E-state index contributed by atoms with van der Waals surface area (Å²) in [4.78, 5) is 12.4. The van der Waals surface area contributed by atoms with E-state index in [0.717, 1.165) is 30.6 Å². The highest BCUT2D eigenvalue weighted by atomic mass is 16.5. The first-order valence-electron chi connectivity index (χ1n) is 8.24. The molecule has 0 radical (unpaired) electrons. The summed E-state index contributed by atoms with van der Waals surface area (Å²) in [6.07, 6.45) is 5.20. The molecule has 1 saturated carbocycles. The number of tetrazole rings is 1. The van der Waals surface area contributed by atoms with Crippen LogP contribution in [-0.2, 0) is 11.3 Å². The van der Waals surface area contributed by atoms with E-state index in [1.807, 2.05) is 24.3 Å². The van der Waals surface area contributed by atoms with Gasteiger partial charge in [-0.3, -0.25) is 4.79 Å². The van der Waals surface area contributed by atoms with E-state index in [4.69, 9.17) is 10.5 Å². The SMILES string of the molecule is Nc1nnnn1CC(=O)NC1CC2(CCCC2)Oc2ccccc21. The van der Waals surface area contributed by atoms with E-state index in [2.05, 4.69) is 20.8 Å². The van der Waals surface area contributed by atoms with Crippen molar-refractivity contribution in [3.8, 4) is 5.75 Å². The van der Waals surface area contributed by atoms with Crippen LogP contribution in [0.1, 0.15) is 43.7 Å². The van der Waals surface area contributed by atoms with E-state index in [1.54, 1.807) is 0 Å². The van der Waals surface area contributed by atoms with Gasteiger partial charge >= 0.3 is 0 Å². The van der Waals surface area contributed by atoms with Crippen LogP contribution >= 0.6 is 0 Å². The highest BCUT2D eigenvalue weighted by molar-refractivity contribution is 5.76. The van der Waals surface area contributed by atoms with Crippen molar-refractivity contribution < 1.29 is 9.53 Å². The van der Waals surface area contributed by atoms with Gasteiger partial charge in [-0.1, -0.05) is 23.3 Å². The van der Waals surface area contributed by atoms with Gasteiger partial charge in [0.05, 0.1) is 6.04 Å². The number of hydrogen-bond acceptors (Lipinski definition) is 6. The highest BCUT2D eigenvalue weighted by Gasteiger charge is 2.43. The Labute approximate surface area is 139 Å². The maximum absolute atomic E-state index is 12.4. The van der Waals surface area contributed by atoms with Crippen LogP contribution in [0, 0.1) is 0 Å². The Hall–Kier alpha value is -2.64. The van der Waals surface area contributed by atoms with E-state index in [9.17, 15) is 4.79 Å². The van der Waals surface area contributed by atoms with Crippen molar-refractivity contribution in [1.29, 1.82) is 0 Å². The van der Waals surface area contributed by atoms with Gasteiger partial charge in [0.1, 0.15) is 17.9 Å². The van der Waals surface area contributed by atoms with Crippen molar-refractivity contribution in [3.63, 3.8) is 0 Å². The number of ether oxygens (including phenoxy) is 1. The summed E-state index contributed by atoms with van der Waals surface area (Å²) in [5, 5.41) is 13.9. The van der Waals surface area contributed by atoms with Crippen LogP contribution in [0.25, 0.3) is 0 Å². The largest absolute Gasteiger partial charge is 0.487 e. The van der Waals surface area contributed by atoms with Crippen LogP contribution in [0.5, 0.6) is 5.75 Å². The number of para-hydroxylation sites is 1. The van der Waals surface area contributed by atoms with Gasteiger partial charge in [0.25, 0.3) is 0 Å². The molecule has 1 aliphatic heterocycles. The predicted molar refractivity (Wildman–Crippen MR) is 86.0 cm³/mol. The number of benzene rings is 1. The van der Waals surface area contributed by atoms with Crippen LogP contribution in [0.3, 0.4) is 0 Å². The lowest BCUT2D eigenvalue weighted by atomic mass is 9.86. The third kappa shape index (κ3) is 2.68. The van der Waals surface area contributed by atoms with Crippen LogP contribution in [0.15, 0.2) is 24.3 Å². The van der Waals surface area contributed by atoms with Gasteiger partial charge in [0.15, 0.2) is 0 Å². The van der Waals surface area contributed by atoms with E-state index in [1.165, 1.54) is 17.5 Å². The van der Waals surface area contributed by atoms with Crippen LogP contribution in [0.2, 0.25) is 0 Å². The normalized spacial score (nSPS) is 21.2. The molecule has 2 heterocycles. The summed E-state index contributed by atoms with van der Waals surface area (Å²) in [6, 6.07) is 7.85. The van der Waals surface area contributed by atoms with Crippen molar-refractivity contribution in [3.05, 3.63) is 29.8 Å². The van der Waals surface area contributed by atoms with E-state index in [-0.39, 0.29) is 30.0 Å². The Kier molecular flexibility index (Phi) is 3.59. The number of carbonyl (C=O) groups is 1. The van der Waals surface area contributed by atoms with E-state index < -0.39 is 0 Å². The van der Waals surface area contributed by atoms with Gasteiger partial charge in [-0.05, 0) is 42.2 Å². The minimum absolute atomic E-state index is 0.00531. The average Bonchev–Trinajstić information content (AvgIpc) is 3.17. The monoisotopic (exact) mass is 328 g/mol. The minimum Gasteiger partial charge on any atom is -0.487 e. The molecule has 1 unspecified atom stereocenters. The smallest absolute Gasteiger partial charge is 0.242 e. The number of fused-ring (bicyclic) bond motifs is 1. The van der Waals surface area contributed by atoms with Crippen molar-refractivity contribution >= 4 is 11.9 Å². The summed E-state index contributed by atoms with van der Waals surface area (Å²) in [5.41, 5.74) is 6.49. The number of aromatic nitrogens is 4. The van der Waals surface area contributed by atoms with Crippen LogP contribution < -0.4 is 15.8 Å². The number of nitrogens with one attached hydrogen (secondary N) is 1. The number of anilines is 1. The molecule has 1 fully saturated rings. The molecule has 1 amide bonds. The fraction of sp³-hybridized carbons (Fsp3) is 0.500. The number of nitrogen functional groups attached to an aromatic ring is 1. The average molecular weight is 328 g/mol. The Morgan fingerprint density at radius 1 is 1.38 bits per heavy atom. The molecule has 8 nitrogen and oxygen atoms in total. The first-order chi connectivity index (χ1) is 11.7. The topological polar surface area (TPSA) is 108 Å². The lowest BCUT2D eigenvalue weighted by molar-refractivity contribution is -0.123. The Bertz CT molecular complexity index is 753. The molecule has 3 N–H and O–H groups in total. The molecule has 4 rings (SSSR count). The number of carbonyl (C=O) groups excluding carboxylic acids is 1. The summed E-state index contributed by atoms with van der Waals surface area (Å²) >= 11 is 0. The number of nitrogens with two attached hydrogens (primary N) is 1.